The van der Waals surface area contributed by atoms with Crippen molar-refractivity contribution in [2.75, 3.05) is 18.8 Å². The van der Waals surface area contributed by atoms with Gasteiger partial charge in [0, 0.05) is 23.9 Å². The van der Waals surface area contributed by atoms with Crippen LogP contribution >= 0.6 is 11.8 Å². The van der Waals surface area contributed by atoms with Gasteiger partial charge in [-0.2, -0.15) is 0 Å². The van der Waals surface area contributed by atoms with Gasteiger partial charge >= 0.3 is 0 Å². The number of thioether (sulfide) groups is 1. The van der Waals surface area contributed by atoms with Gasteiger partial charge in [0.25, 0.3) is 5.91 Å². The number of carbonyl (C=O) groups excluding carboxylic acids is 2. The molecule has 0 bridgehead atoms. The van der Waals surface area contributed by atoms with Gasteiger partial charge in [0.05, 0.1) is 5.56 Å². The first-order valence-electron chi connectivity index (χ1n) is 6.94. The Hall–Kier alpha value is -1.49. The van der Waals surface area contributed by atoms with E-state index in [1.807, 2.05) is 29.2 Å². The Morgan fingerprint density at radius 2 is 1.95 bits per heavy atom. The summed E-state index contributed by atoms with van der Waals surface area (Å²) in [6.07, 6.45) is 1.34. The number of nitrogens with zero attached hydrogens (tertiary/aromatic N) is 1. The molecule has 1 aromatic rings. The van der Waals surface area contributed by atoms with Gasteiger partial charge in [0.15, 0.2) is 0 Å². The van der Waals surface area contributed by atoms with Gasteiger partial charge in [-0.3, -0.25) is 9.59 Å². The van der Waals surface area contributed by atoms with Crippen molar-refractivity contribution in [2.24, 2.45) is 11.7 Å². The molecule has 0 unspecified atom stereocenters. The number of likely N-dealkylation sites (tertiary alicyclic amines) is 1. The van der Waals surface area contributed by atoms with Gasteiger partial charge in [-0.15, -0.1) is 11.8 Å². The predicted molar refractivity (Wildman–Crippen MR) is 80.7 cm³/mol. The van der Waals surface area contributed by atoms with E-state index in [1.165, 1.54) is 0 Å². The highest BCUT2D eigenvalue weighted by Crippen LogP contribution is 2.25. The molecule has 1 heterocycles. The molecule has 0 radical (unpaired) electrons. The molecule has 1 aromatic carbocycles. The number of hydrogen-bond acceptors (Lipinski definition) is 3. The summed E-state index contributed by atoms with van der Waals surface area (Å²) >= 11 is 1.68. The molecule has 2 N–H and O–H groups in total. The zero-order valence-electron chi connectivity index (χ0n) is 11.7. The van der Waals surface area contributed by atoms with Gasteiger partial charge < -0.3 is 10.6 Å². The maximum atomic E-state index is 12.6. The van der Waals surface area contributed by atoms with Crippen molar-refractivity contribution in [1.82, 2.24) is 4.90 Å². The molecule has 1 aliphatic heterocycles. The highest BCUT2D eigenvalue weighted by molar-refractivity contribution is 7.99. The van der Waals surface area contributed by atoms with Crippen LogP contribution in [-0.2, 0) is 4.79 Å². The summed E-state index contributed by atoms with van der Waals surface area (Å²) < 4.78 is 0. The lowest BCUT2D eigenvalue weighted by Crippen LogP contribution is -2.41. The lowest BCUT2D eigenvalue weighted by molar-refractivity contribution is -0.123. The van der Waals surface area contributed by atoms with E-state index >= 15 is 0 Å². The quantitative estimate of drug-likeness (QED) is 0.865. The van der Waals surface area contributed by atoms with Crippen LogP contribution in [0.1, 0.15) is 30.1 Å². The van der Waals surface area contributed by atoms with E-state index < -0.39 is 0 Å². The Labute approximate surface area is 123 Å². The molecule has 0 saturated carbocycles. The number of benzene rings is 1. The van der Waals surface area contributed by atoms with Crippen LogP contribution in [0.25, 0.3) is 0 Å². The molecule has 1 fully saturated rings. The van der Waals surface area contributed by atoms with Crippen LogP contribution in [-0.4, -0.2) is 35.6 Å². The monoisotopic (exact) mass is 292 g/mol. The fourth-order valence-corrected chi connectivity index (χ4v) is 3.26. The van der Waals surface area contributed by atoms with Crippen molar-refractivity contribution in [1.29, 1.82) is 0 Å². The molecule has 2 rings (SSSR count). The van der Waals surface area contributed by atoms with Gasteiger partial charge in [-0.25, -0.2) is 0 Å². The van der Waals surface area contributed by atoms with E-state index in [2.05, 4.69) is 6.92 Å². The van der Waals surface area contributed by atoms with E-state index in [9.17, 15) is 9.59 Å². The molecule has 2 amide bonds. The van der Waals surface area contributed by atoms with Crippen LogP contribution in [0.2, 0.25) is 0 Å². The number of rotatable bonds is 4. The second-order valence-electron chi connectivity index (χ2n) is 4.90. The average molecular weight is 292 g/mol. The first-order valence-corrected chi connectivity index (χ1v) is 7.92. The lowest BCUT2D eigenvalue weighted by atomic mass is 9.96. The summed E-state index contributed by atoms with van der Waals surface area (Å²) in [5, 5.41) is 0. The lowest BCUT2D eigenvalue weighted by Gasteiger charge is -2.31. The third-order valence-corrected chi connectivity index (χ3v) is 4.56. The number of piperidine rings is 1. The van der Waals surface area contributed by atoms with E-state index in [-0.39, 0.29) is 17.7 Å². The number of amides is 2. The first-order chi connectivity index (χ1) is 9.63. The minimum atomic E-state index is -0.251. The molecule has 0 atom stereocenters. The van der Waals surface area contributed by atoms with Crippen LogP contribution in [0.3, 0.4) is 0 Å². The maximum Gasteiger partial charge on any atom is 0.254 e. The van der Waals surface area contributed by atoms with Gasteiger partial charge in [0.2, 0.25) is 5.91 Å². The molecular weight excluding hydrogens is 272 g/mol. The minimum Gasteiger partial charge on any atom is -0.369 e. The fourth-order valence-electron chi connectivity index (χ4n) is 2.46. The van der Waals surface area contributed by atoms with Gasteiger partial charge in [0.1, 0.15) is 0 Å². The SMILES string of the molecule is CCSc1ccccc1C(=O)N1CCC(C(N)=O)CC1. The molecule has 0 aromatic heterocycles. The van der Waals surface area contributed by atoms with Crippen molar-refractivity contribution in [2.45, 2.75) is 24.7 Å². The third-order valence-electron chi connectivity index (χ3n) is 3.60. The number of hydrogen-bond donors (Lipinski definition) is 1. The summed E-state index contributed by atoms with van der Waals surface area (Å²) in [7, 11) is 0. The Kier molecular flexibility index (Phi) is 5.06. The number of carbonyl (C=O) groups is 2. The van der Waals surface area contributed by atoms with Gasteiger partial charge in [-0.1, -0.05) is 19.1 Å². The molecule has 1 aliphatic rings. The molecule has 5 heteroatoms. The largest absolute Gasteiger partial charge is 0.369 e. The van der Waals surface area contributed by atoms with Crippen LogP contribution in [0.5, 0.6) is 0 Å². The fraction of sp³-hybridized carbons (Fsp3) is 0.467. The van der Waals surface area contributed by atoms with E-state index in [0.29, 0.717) is 25.9 Å². The zero-order valence-corrected chi connectivity index (χ0v) is 12.5. The van der Waals surface area contributed by atoms with Crippen molar-refractivity contribution in [3.8, 4) is 0 Å². The smallest absolute Gasteiger partial charge is 0.254 e. The number of primary amides is 1. The standard InChI is InChI=1S/C15H20N2O2S/c1-2-20-13-6-4-3-5-12(13)15(19)17-9-7-11(8-10-17)14(16)18/h3-6,11H,2,7-10H2,1H3,(H2,16,18). The van der Waals surface area contributed by atoms with Crippen LogP contribution in [0.4, 0.5) is 0 Å². The summed E-state index contributed by atoms with van der Waals surface area (Å²) in [4.78, 5) is 26.6. The Bertz CT molecular complexity index is 496. The molecule has 108 valence electrons. The minimum absolute atomic E-state index is 0.0597. The third kappa shape index (κ3) is 3.33. The molecule has 20 heavy (non-hydrogen) atoms. The van der Waals surface area contributed by atoms with Crippen LogP contribution < -0.4 is 5.73 Å². The second-order valence-corrected chi connectivity index (χ2v) is 6.20. The average Bonchev–Trinajstić information content (AvgIpc) is 2.47. The summed E-state index contributed by atoms with van der Waals surface area (Å²) in [5.41, 5.74) is 6.08. The highest BCUT2D eigenvalue weighted by atomic mass is 32.2. The van der Waals surface area contributed by atoms with Crippen molar-refractivity contribution < 1.29 is 9.59 Å². The topological polar surface area (TPSA) is 63.4 Å². The van der Waals surface area contributed by atoms with Crippen molar-refractivity contribution in [3.05, 3.63) is 29.8 Å². The summed E-state index contributed by atoms with van der Waals surface area (Å²) in [5.74, 6) is 0.663. The van der Waals surface area contributed by atoms with Crippen LogP contribution in [0, 0.1) is 5.92 Å². The van der Waals surface area contributed by atoms with Crippen molar-refractivity contribution >= 4 is 23.6 Å². The van der Waals surface area contributed by atoms with E-state index in [0.717, 1.165) is 16.2 Å². The first kappa shape index (κ1) is 14.9. The molecule has 1 saturated heterocycles. The van der Waals surface area contributed by atoms with E-state index in [4.69, 9.17) is 5.73 Å². The molecule has 0 spiro atoms. The molecule has 0 aliphatic carbocycles. The summed E-state index contributed by atoms with van der Waals surface area (Å²) in [6.45, 7) is 3.29. The Morgan fingerprint density at radius 1 is 1.30 bits per heavy atom. The molecular formula is C15H20N2O2S. The Morgan fingerprint density at radius 3 is 2.55 bits per heavy atom. The normalized spacial score (nSPS) is 16.1. The summed E-state index contributed by atoms with van der Waals surface area (Å²) in [6, 6.07) is 7.70. The van der Waals surface area contributed by atoms with Crippen molar-refractivity contribution in [3.63, 3.8) is 0 Å². The highest BCUT2D eigenvalue weighted by Gasteiger charge is 2.27. The number of nitrogens with two attached hydrogens (primary N) is 1. The maximum absolute atomic E-state index is 12.6. The zero-order chi connectivity index (χ0) is 14.5. The Balaban J connectivity index is 2.07. The van der Waals surface area contributed by atoms with Gasteiger partial charge in [-0.05, 0) is 30.7 Å². The van der Waals surface area contributed by atoms with Crippen LogP contribution in [0.15, 0.2) is 29.2 Å². The molecule has 4 nitrogen and oxygen atoms in total. The van der Waals surface area contributed by atoms with E-state index in [1.54, 1.807) is 11.8 Å². The predicted octanol–water partition coefficient (Wildman–Crippen LogP) is 2.14. The second kappa shape index (κ2) is 6.79.